The molecule has 0 bridgehead atoms. The van der Waals surface area contributed by atoms with Crippen molar-refractivity contribution in [3.63, 3.8) is 0 Å². The van der Waals surface area contributed by atoms with Crippen LogP contribution in [0.5, 0.6) is 0 Å². The molecule has 3 heteroatoms. The summed E-state index contributed by atoms with van der Waals surface area (Å²) in [5.41, 5.74) is 0.173. The van der Waals surface area contributed by atoms with Crippen LogP contribution in [0.3, 0.4) is 0 Å². The Kier molecular flexibility index (Phi) is 6.31. The molecule has 2 heterocycles. The molecule has 0 radical (unpaired) electrons. The van der Waals surface area contributed by atoms with E-state index in [1.807, 2.05) is 22.2 Å². The highest BCUT2D eigenvalue weighted by Crippen LogP contribution is 2.16. The Hall–Kier alpha value is -1.09. The lowest BCUT2D eigenvalue weighted by Gasteiger charge is -2.06. The molecule has 2 rings (SSSR count). The normalized spacial score (nSPS) is 11.2. The van der Waals surface area contributed by atoms with Crippen molar-refractivity contribution in [2.45, 2.75) is 64.8 Å². The van der Waals surface area contributed by atoms with Gasteiger partial charge in [0.1, 0.15) is 0 Å². The molecule has 20 heavy (non-hydrogen) atoms. The second-order valence-electron chi connectivity index (χ2n) is 5.49. The minimum Gasteiger partial charge on any atom is -0.315 e. The lowest BCUT2D eigenvalue weighted by Crippen LogP contribution is -2.18. The summed E-state index contributed by atoms with van der Waals surface area (Å²) < 4.78 is 2.97. The van der Waals surface area contributed by atoms with Crippen molar-refractivity contribution in [1.82, 2.24) is 4.57 Å². The zero-order valence-electron chi connectivity index (χ0n) is 12.4. The number of hydrogen-bond acceptors (Lipinski definition) is 2. The quantitative estimate of drug-likeness (QED) is 0.582. The third-order valence-corrected chi connectivity index (χ3v) is 4.73. The summed E-state index contributed by atoms with van der Waals surface area (Å²) in [7, 11) is 0. The molecule has 0 saturated carbocycles. The van der Waals surface area contributed by atoms with E-state index in [2.05, 4.69) is 13.0 Å². The van der Waals surface area contributed by atoms with Gasteiger partial charge in [-0.25, -0.2) is 0 Å². The van der Waals surface area contributed by atoms with Crippen molar-refractivity contribution in [3.8, 4) is 0 Å². The average Bonchev–Trinajstić information content (AvgIpc) is 2.93. The second-order valence-corrected chi connectivity index (χ2v) is 6.44. The molecule has 0 aliphatic heterocycles. The number of thiophene rings is 1. The van der Waals surface area contributed by atoms with Crippen molar-refractivity contribution < 1.29 is 0 Å². The van der Waals surface area contributed by atoms with Gasteiger partial charge in [-0.15, -0.1) is 11.3 Å². The van der Waals surface area contributed by atoms with Gasteiger partial charge in [0.15, 0.2) is 0 Å². The van der Waals surface area contributed by atoms with Crippen molar-refractivity contribution in [2.75, 3.05) is 0 Å². The van der Waals surface area contributed by atoms with E-state index in [0.717, 1.165) is 23.1 Å². The third kappa shape index (κ3) is 4.20. The van der Waals surface area contributed by atoms with Crippen molar-refractivity contribution in [3.05, 3.63) is 34.1 Å². The third-order valence-electron chi connectivity index (χ3n) is 3.84. The Morgan fingerprint density at radius 3 is 2.45 bits per heavy atom. The number of unbranched alkanes of at least 4 members (excludes halogenated alkanes) is 7. The van der Waals surface area contributed by atoms with Crippen LogP contribution >= 0.6 is 11.3 Å². The molecule has 2 aromatic heterocycles. The first-order chi connectivity index (χ1) is 9.83. The zero-order chi connectivity index (χ0) is 14.2. The van der Waals surface area contributed by atoms with E-state index in [-0.39, 0.29) is 5.56 Å². The van der Waals surface area contributed by atoms with Gasteiger partial charge < -0.3 is 4.57 Å². The van der Waals surface area contributed by atoms with Gasteiger partial charge in [-0.3, -0.25) is 4.79 Å². The first-order valence-electron chi connectivity index (χ1n) is 7.89. The SMILES string of the molecule is CCCCCCCCCCn1ccc2sccc2c1=O. The van der Waals surface area contributed by atoms with E-state index >= 15 is 0 Å². The summed E-state index contributed by atoms with van der Waals surface area (Å²) in [6.07, 6.45) is 12.4. The van der Waals surface area contributed by atoms with Crippen LogP contribution in [-0.2, 0) is 6.54 Å². The van der Waals surface area contributed by atoms with Gasteiger partial charge in [0.25, 0.3) is 5.56 Å². The summed E-state index contributed by atoms with van der Waals surface area (Å²) >= 11 is 1.64. The van der Waals surface area contributed by atoms with E-state index in [4.69, 9.17) is 0 Å². The summed E-state index contributed by atoms with van der Waals surface area (Å²) in [4.78, 5) is 12.2. The number of hydrogen-bond donors (Lipinski definition) is 0. The fraction of sp³-hybridized carbons (Fsp3) is 0.588. The molecule has 0 fully saturated rings. The Labute approximate surface area is 125 Å². The van der Waals surface area contributed by atoms with Gasteiger partial charge in [-0.2, -0.15) is 0 Å². The summed E-state index contributed by atoms with van der Waals surface area (Å²) in [6.45, 7) is 3.11. The second kappa shape index (κ2) is 8.25. The van der Waals surface area contributed by atoms with Crippen LogP contribution in [0.4, 0.5) is 0 Å². The number of aryl methyl sites for hydroxylation is 1. The summed E-state index contributed by atoms with van der Waals surface area (Å²) in [5.74, 6) is 0. The van der Waals surface area contributed by atoms with E-state index < -0.39 is 0 Å². The highest BCUT2D eigenvalue weighted by atomic mass is 32.1. The molecule has 0 unspecified atom stereocenters. The fourth-order valence-electron chi connectivity index (χ4n) is 2.60. The monoisotopic (exact) mass is 291 g/mol. The predicted octanol–water partition coefficient (Wildman–Crippen LogP) is 5.20. The van der Waals surface area contributed by atoms with Gasteiger partial charge in [0, 0.05) is 17.4 Å². The van der Waals surface area contributed by atoms with Crippen molar-refractivity contribution in [2.24, 2.45) is 0 Å². The molecule has 0 N–H and O–H groups in total. The molecular formula is C17H25NOS. The highest BCUT2D eigenvalue weighted by molar-refractivity contribution is 7.17. The zero-order valence-corrected chi connectivity index (χ0v) is 13.3. The minimum atomic E-state index is 0.173. The largest absolute Gasteiger partial charge is 0.315 e. The fourth-order valence-corrected chi connectivity index (χ4v) is 3.37. The maximum Gasteiger partial charge on any atom is 0.259 e. The van der Waals surface area contributed by atoms with Crippen LogP contribution in [0, 0.1) is 0 Å². The van der Waals surface area contributed by atoms with Crippen LogP contribution < -0.4 is 5.56 Å². The number of aromatic nitrogens is 1. The van der Waals surface area contributed by atoms with Crippen molar-refractivity contribution in [1.29, 1.82) is 0 Å². The Bertz CT molecular complexity index is 570. The van der Waals surface area contributed by atoms with Gasteiger partial charge in [-0.05, 0) is 23.9 Å². The lowest BCUT2D eigenvalue weighted by atomic mass is 10.1. The standard InChI is InChI=1S/C17H25NOS/c1-2-3-4-5-6-7-8-9-12-18-13-10-16-15(17(18)19)11-14-20-16/h10-11,13-14H,2-9,12H2,1H3. The molecule has 0 aliphatic carbocycles. The number of rotatable bonds is 9. The maximum absolute atomic E-state index is 12.2. The molecule has 0 aromatic carbocycles. The van der Waals surface area contributed by atoms with E-state index in [1.54, 1.807) is 11.3 Å². The number of fused-ring (bicyclic) bond motifs is 1. The van der Waals surface area contributed by atoms with Crippen molar-refractivity contribution >= 4 is 21.4 Å². The molecule has 2 nitrogen and oxygen atoms in total. The first-order valence-corrected chi connectivity index (χ1v) is 8.77. The Morgan fingerprint density at radius 2 is 1.70 bits per heavy atom. The van der Waals surface area contributed by atoms with Crippen LogP contribution in [0.1, 0.15) is 58.3 Å². The van der Waals surface area contributed by atoms with E-state index in [9.17, 15) is 4.79 Å². The minimum absolute atomic E-state index is 0.173. The smallest absolute Gasteiger partial charge is 0.259 e. The van der Waals surface area contributed by atoms with Crippen LogP contribution in [-0.4, -0.2) is 4.57 Å². The Morgan fingerprint density at radius 1 is 1.00 bits per heavy atom. The molecule has 0 saturated heterocycles. The van der Waals surface area contributed by atoms with Gasteiger partial charge >= 0.3 is 0 Å². The predicted molar refractivity (Wildman–Crippen MR) is 88.7 cm³/mol. The van der Waals surface area contributed by atoms with Gasteiger partial charge in [0.05, 0.1) is 5.39 Å². The maximum atomic E-state index is 12.2. The molecule has 2 aromatic rings. The van der Waals surface area contributed by atoms with Crippen LogP contribution in [0.25, 0.3) is 10.1 Å². The lowest BCUT2D eigenvalue weighted by molar-refractivity contribution is 0.539. The van der Waals surface area contributed by atoms with E-state index in [1.165, 1.54) is 44.9 Å². The summed E-state index contributed by atoms with van der Waals surface area (Å²) in [5, 5.41) is 2.87. The molecule has 0 atom stereocenters. The van der Waals surface area contributed by atoms with E-state index in [0.29, 0.717) is 0 Å². The highest BCUT2D eigenvalue weighted by Gasteiger charge is 2.03. The molecule has 0 amide bonds. The molecule has 0 spiro atoms. The number of pyridine rings is 1. The average molecular weight is 291 g/mol. The van der Waals surface area contributed by atoms with Gasteiger partial charge in [0.2, 0.25) is 0 Å². The van der Waals surface area contributed by atoms with Crippen LogP contribution in [0.2, 0.25) is 0 Å². The van der Waals surface area contributed by atoms with Gasteiger partial charge in [-0.1, -0.05) is 51.9 Å². The topological polar surface area (TPSA) is 22.0 Å². The summed E-state index contributed by atoms with van der Waals surface area (Å²) in [6, 6.07) is 4.00. The number of nitrogens with zero attached hydrogens (tertiary/aromatic N) is 1. The van der Waals surface area contributed by atoms with Crippen LogP contribution in [0.15, 0.2) is 28.5 Å². The first kappa shape index (κ1) is 15.3. The molecule has 0 aliphatic rings. The Balaban J connectivity index is 1.71. The molecule has 110 valence electrons. The molecular weight excluding hydrogens is 266 g/mol.